The number of anilines is 1. The molecule has 14 heavy (non-hydrogen) atoms. The molecular formula is C11H14BrNO. The molecule has 0 saturated heterocycles. The van der Waals surface area contributed by atoms with Crippen LogP contribution >= 0.6 is 15.9 Å². The van der Waals surface area contributed by atoms with E-state index in [1.807, 2.05) is 18.2 Å². The highest BCUT2D eigenvalue weighted by molar-refractivity contribution is 9.10. The van der Waals surface area contributed by atoms with Crippen LogP contribution in [0.5, 0.6) is 0 Å². The third-order valence-electron chi connectivity index (χ3n) is 2.55. The van der Waals surface area contributed by atoms with Crippen molar-refractivity contribution >= 4 is 21.6 Å². The monoisotopic (exact) mass is 255 g/mol. The SMILES string of the molecule is CC1(C)C[C@@H](O)c2cc(Br)ccc2N1. The number of benzene rings is 1. The van der Waals surface area contributed by atoms with Crippen LogP contribution in [0.25, 0.3) is 0 Å². The second kappa shape index (κ2) is 3.24. The van der Waals surface area contributed by atoms with Crippen LogP contribution in [0.4, 0.5) is 5.69 Å². The smallest absolute Gasteiger partial charge is 0.0832 e. The van der Waals surface area contributed by atoms with E-state index in [0.29, 0.717) is 0 Å². The molecule has 2 rings (SSSR count). The summed E-state index contributed by atoms with van der Waals surface area (Å²) in [5.74, 6) is 0. The van der Waals surface area contributed by atoms with E-state index >= 15 is 0 Å². The largest absolute Gasteiger partial charge is 0.388 e. The summed E-state index contributed by atoms with van der Waals surface area (Å²) in [6.45, 7) is 4.20. The highest BCUT2D eigenvalue weighted by atomic mass is 79.9. The van der Waals surface area contributed by atoms with Gasteiger partial charge in [-0.25, -0.2) is 0 Å². The number of rotatable bonds is 0. The molecule has 1 heterocycles. The molecule has 0 aromatic heterocycles. The van der Waals surface area contributed by atoms with Gasteiger partial charge in [-0.3, -0.25) is 0 Å². The molecule has 1 aliphatic heterocycles. The molecule has 0 unspecified atom stereocenters. The van der Waals surface area contributed by atoms with Crippen molar-refractivity contribution in [2.75, 3.05) is 5.32 Å². The fourth-order valence-corrected chi connectivity index (χ4v) is 2.31. The van der Waals surface area contributed by atoms with Crippen LogP contribution in [-0.4, -0.2) is 10.6 Å². The first kappa shape index (κ1) is 9.99. The Hall–Kier alpha value is -0.540. The van der Waals surface area contributed by atoms with Crippen LogP contribution < -0.4 is 5.32 Å². The maximum atomic E-state index is 9.96. The highest BCUT2D eigenvalue weighted by Gasteiger charge is 2.30. The summed E-state index contributed by atoms with van der Waals surface area (Å²) < 4.78 is 1.01. The Morgan fingerprint density at radius 1 is 1.50 bits per heavy atom. The lowest BCUT2D eigenvalue weighted by Gasteiger charge is -2.36. The Balaban J connectivity index is 2.45. The molecule has 2 N–H and O–H groups in total. The number of hydrogen-bond acceptors (Lipinski definition) is 2. The van der Waals surface area contributed by atoms with E-state index < -0.39 is 0 Å². The van der Waals surface area contributed by atoms with Gasteiger partial charge in [-0.1, -0.05) is 15.9 Å². The second-order valence-corrected chi connectivity index (χ2v) is 5.38. The summed E-state index contributed by atoms with van der Waals surface area (Å²) in [4.78, 5) is 0. The van der Waals surface area contributed by atoms with Crippen LogP contribution in [0.2, 0.25) is 0 Å². The Morgan fingerprint density at radius 2 is 2.21 bits per heavy atom. The molecule has 0 saturated carbocycles. The number of aliphatic hydroxyl groups excluding tert-OH is 1. The van der Waals surface area contributed by atoms with Gasteiger partial charge in [-0.2, -0.15) is 0 Å². The van der Waals surface area contributed by atoms with Crippen molar-refractivity contribution < 1.29 is 5.11 Å². The van der Waals surface area contributed by atoms with Gasteiger partial charge in [0.15, 0.2) is 0 Å². The lowest BCUT2D eigenvalue weighted by molar-refractivity contribution is 0.140. The first-order valence-electron chi connectivity index (χ1n) is 4.74. The van der Waals surface area contributed by atoms with Crippen LogP contribution in [0, 0.1) is 0 Å². The quantitative estimate of drug-likeness (QED) is 0.747. The standard InChI is InChI=1S/C11H14BrNO/c1-11(2)6-10(14)8-5-7(12)3-4-9(8)13-11/h3-5,10,13-14H,6H2,1-2H3/t10-/m1/s1. The highest BCUT2D eigenvalue weighted by Crippen LogP contribution is 2.38. The molecule has 3 heteroatoms. The van der Waals surface area contributed by atoms with E-state index in [1.165, 1.54) is 0 Å². The van der Waals surface area contributed by atoms with E-state index in [9.17, 15) is 5.11 Å². The van der Waals surface area contributed by atoms with E-state index in [2.05, 4.69) is 35.1 Å². The zero-order valence-corrected chi connectivity index (χ0v) is 9.93. The molecular weight excluding hydrogens is 242 g/mol. The van der Waals surface area contributed by atoms with E-state index in [1.54, 1.807) is 0 Å². The van der Waals surface area contributed by atoms with Crippen molar-refractivity contribution in [2.45, 2.75) is 31.9 Å². The van der Waals surface area contributed by atoms with Gasteiger partial charge in [0.1, 0.15) is 0 Å². The van der Waals surface area contributed by atoms with Gasteiger partial charge in [-0.05, 0) is 32.0 Å². The van der Waals surface area contributed by atoms with Crippen molar-refractivity contribution in [3.05, 3.63) is 28.2 Å². The van der Waals surface area contributed by atoms with Crippen LogP contribution in [0.1, 0.15) is 31.9 Å². The minimum atomic E-state index is -0.362. The molecule has 2 nitrogen and oxygen atoms in total. The molecule has 1 aromatic carbocycles. The Bertz CT molecular complexity index is 362. The van der Waals surface area contributed by atoms with Crippen molar-refractivity contribution in [3.63, 3.8) is 0 Å². The maximum absolute atomic E-state index is 9.96. The summed E-state index contributed by atoms with van der Waals surface area (Å²) in [7, 11) is 0. The lowest BCUT2D eigenvalue weighted by Crippen LogP contribution is -2.37. The van der Waals surface area contributed by atoms with Crippen LogP contribution in [0.3, 0.4) is 0 Å². The van der Waals surface area contributed by atoms with E-state index in [-0.39, 0.29) is 11.6 Å². The average Bonchev–Trinajstić information content (AvgIpc) is 2.05. The first-order chi connectivity index (χ1) is 6.48. The molecule has 0 bridgehead atoms. The summed E-state index contributed by atoms with van der Waals surface area (Å²) in [5, 5.41) is 13.4. The number of fused-ring (bicyclic) bond motifs is 1. The van der Waals surface area contributed by atoms with Crippen molar-refractivity contribution in [1.29, 1.82) is 0 Å². The van der Waals surface area contributed by atoms with Crippen LogP contribution in [0.15, 0.2) is 22.7 Å². The first-order valence-corrected chi connectivity index (χ1v) is 5.53. The predicted molar refractivity (Wildman–Crippen MR) is 61.4 cm³/mol. The fourth-order valence-electron chi connectivity index (χ4n) is 1.93. The molecule has 76 valence electrons. The molecule has 1 aliphatic rings. The minimum Gasteiger partial charge on any atom is -0.388 e. The minimum absolute atomic E-state index is 0.0275. The second-order valence-electron chi connectivity index (χ2n) is 4.46. The summed E-state index contributed by atoms with van der Waals surface area (Å²) in [6, 6.07) is 5.96. The number of hydrogen-bond donors (Lipinski definition) is 2. The van der Waals surface area contributed by atoms with Gasteiger partial charge in [-0.15, -0.1) is 0 Å². The van der Waals surface area contributed by atoms with Crippen molar-refractivity contribution in [3.8, 4) is 0 Å². The Labute approximate surface area is 92.5 Å². The van der Waals surface area contributed by atoms with Gasteiger partial charge in [0.05, 0.1) is 6.10 Å². The van der Waals surface area contributed by atoms with E-state index in [0.717, 1.165) is 22.1 Å². The number of aliphatic hydroxyl groups is 1. The molecule has 1 atom stereocenters. The zero-order valence-electron chi connectivity index (χ0n) is 8.34. The molecule has 1 aromatic rings. The Kier molecular flexibility index (Phi) is 2.32. The molecule has 0 fully saturated rings. The maximum Gasteiger partial charge on any atom is 0.0832 e. The third-order valence-corrected chi connectivity index (χ3v) is 3.04. The topological polar surface area (TPSA) is 32.3 Å². The van der Waals surface area contributed by atoms with E-state index in [4.69, 9.17) is 0 Å². The molecule has 0 radical (unpaired) electrons. The van der Waals surface area contributed by atoms with Gasteiger partial charge in [0, 0.05) is 27.7 Å². The summed E-state index contributed by atoms with van der Waals surface area (Å²) >= 11 is 3.41. The van der Waals surface area contributed by atoms with Gasteiger partial charge in [0.2, 0.25) is 0 Å². The Morgan fingerprint density at radius 3 is 2.93 bits per heavy atom. The van der Waals surface area contributed by atoms with Gasteiger partial charge in [0.25, 0.3) is 0 Å². The third kappa shape index (κ3) is 1.79. The lowest BCUT2D eigenvalue weighted by atomic mass is 9.87. The summed E-state index contributed by atoms with van der Waals surface area (Å²) in [5.41, 5.74) is 2.00. The number of halogens is 1. The van der Waals surface area contributed by atoms with Gasteiger partial charge >= 0.3 is 0 Å². The average molecular weight is 256 g/mol. The molecule has 0 amide bonds. The number of nitrogens with one attached hydrogen (secondary N) is 1. The zero-order chi connectivity index (χ0) is 10.3. The van der Waals surface area contributed by atoms with Gasteiger partial charge < -0.3 is 10.4 Å². The normalized spacial score (nSPS) is 23.9. The summed E-state index contributed by atoms with van der Waals surface area (Å²) in [6.07, 6.45) is 0.384. The van der Waals surface area contributed by atoms with Crippen LogP contribution in [-0.2, 0) is 0 Å². The van der Waals surface area contributed by atoms with Crippen molar-refractivity contribution in [2.24, 2.45) is 0 Å². The fraction of sp³-hybridized carbons (Fsp3) is 0.455. The molecule has 0 aliphatic carbocycles. The molecule has 0 spiro atoms. The van der Waals surface area contributed by atoms with Crippen molar-refractivity contribution in [1.82, 2.24) is 0 Å². The predicted octanol–water partition coefficient (Wildman–Crippen LogP) is 3.08.